The topological polar surface area (TPSA) is 136 Å². The summed E-state index contributed by atoms with van der Waals surface area (Å²) in [5.41, 5.74) is 6.74. The highest BCUT2D eigenvalue weighted by Crippen LogP contribution is 2.28. The third-order valence-corrected chi connectivity index (χ3v) is 5.08. The highest BCUT2D eigenvalue weighted by molar-refractivity contribution is 5.82. The first kappa shape index (κ1) is 20.5. The average Bonchev–Trinajstić information content (AvgIpc) is 3.40. The van der Waals surface area contributed by atoms with Gasteiger partial charge in [-0.1, -0.05) is 5.21 Å². The first-order valence-electron chi connectivity index (χ1n) is 10.2. The van der Waals surface area contributed by atoms with Crippen LogP contribution in [0.15, 0.2) is 30.5 Å². The second kappa shape index (κ2) is 8.94. The lowest BCUT2D eigenvalue weighted by molar-refractivity contribution is -0.130. The molecule has 0 bridgehead atoms. The van der Waals surface area contributed by atoms with E-state index >= 15 is 0 Å². The van der Waals surface area contributed by atoms with Crippen LogP contribution in [0.5, 0.6) is 5.75 Å². The minimum atomic E-state index is -0.305. The number of hydrazine groups is 1. The number of carbonyl (C=O) groups is 2. The molecule has 0 aliphatic heterocycles. The van der Waals surface area contributed by atoms with Crippen molar-refractivity contribution in [1.82, 2.24) is 35.8 Å². The number of amides is 2. The summed E-state index contributed by atoms with van der Waals surface area (Å²) in [4.78, 5) is 32.0. The molecule has 1 fully saturated rings. The van der Waals surface area contributed by atoms with Crippen LogP contribution in [0.2, 0.25) is 0 Å². The molecule has 162 valence electrons. The van der Waals surface area contributed by atoms with E-state index in [0.29, 0.717) is 30.1 Å². The molecule has 2 aromatic heterocycles. The number of carbonyl (C=O) groups excluding carboxylic acids is 2. The van der Waals surface area contributed by atoms with Gasteiger partial charge in [0.15, 0.2) is 11.2 Å². The van der Waals surface area contributed by atoms with Crippen LogP contribution in [0.4, 0.5) is 5.95 Å². The van der Waals surface area contributed by atoms with Crippen molar-refractivity contribution in [2.75, 3.05) is 11.9 Å². The molecule has 31 heavy (non-hydrogen) atoms. The van der Waals surface area contributed by atoms with E-state index in [1.54, 1.807) is 10.9 Å². The van der Waals surface area contributed by atoms with E-state index in [9.17, 15) is 9.59 Å². The molecule has 0 unspecified atom stereocenters. The summed E-state index contributed by atoms with van der Waals surface area (Å²) in [5.74, 6) is 0.569. The summed E-state index contributed by atoms with van der Waals surface area (Å²) in [6.45, 7) is 3.89. The molecular formula is C20H24N8O3. The van der Waals surface area contributed by atoms with Gasteiger partial charge in [-0.2, -0.15) is 9.67 Å². The van der Waals surface area contributed by atoms with Gasteiger partial charge in [-0.25, -0.2) is 4.98 Å². The Labute approximate surface area is 178 Å². The molecular weight excluding hydrogens is 400 g/mol. The molecule has 11 heteroatoms. The van der Waals surface area contributed by atoms with Crippen molar-refractivity contribution < 1.29 is 14.3 Å². The summed E-state index contributed by atoms with van der Waals surface area (Å²) >= 11 is 0. The van der Waals surface area contributed by atoms with Gasteiger partial charge in [0, 0.05) is 18.9 Å². The van der Waals surface area contributed by atoms with Gasteiger partial charge in [-0.05, 0) is 50.5 Å². The van der Waals surface area contributed by atoms with Crippen LogP contribution in [-0.2, 0) is 9.59 Å². The number of fused-ring (bicyclic) bond motifs is 1. The van der Waals surface area contributed by atoms with Crippen molar-refractivity contribution in [3.8, 4) is 11.4 Å². The molecule has 2 amide bonds. The van der Waals surface area contributed by atoms with Crippen LogP contribution in [0, 0.1) is 5.92 Å². The maximum absolute atomic E-state index is 12.1. The number of ether oxygens (including phenoxy) is 1. The number of rotatable bonds is 6. The van der Waals surface area contributed by atoms with Gasteiger partial charge in [-0.15, -0.1) is 5.10 Å². The monoisotopic (exact) mass is 424 g/mol. The fourth-order valence-electron chi connectivity index (χ4n) is 3.61. The Bertz CT molecular complexity index is 1080. The second-order valence-corrected chi connectivity index (χ2v) is 7.35. The molecule has 2 atom stereocenters. The zero-order valence-corrected chi connectivity index (χ0v) is 17.3. The second-order valence-electron chi connectivity index (χ2n) is 7.35. The van der Waals surface area contributed by atoms with Crippen molar-refractivity contribution in [2.24, 2.45) is 5.92 Å². The molecule has 2 heterocycles. The van der Waals surface area contributed by atoms with Crippen LogP contribution >= 0.6 is 0 Å². The Balaban J connectivity index is 1.45. The minimum absolute atomic E-state index is 0.0559. The molecule has 0 saturated heterocycles. The minimum Gasteiger partial charge on any atom is -0.494 e. The quantitative estimate of drug-likeness (QED) is 0.505. The molecule has 3 N–H and O–H groups in total. The fraction of sp³-hybridized carbons (Fsp3) is 0.400. The first-order chi connectivity index (χ1) is 15.0. The molecule has 1 saturated carbocycles. The van der Waals surface area contributed by atoms with E-state index in [0.717, 1.165) is 24.3 Å². The normalized spacial score (nSPS) is 18.0. The van der Waals surface area contributed by atoms with Gasteiger partial charge in [-0.3, -0.25) is 20.4 Å². The van der Waals surface area contributed by atoms with Crippen molar-refractivity contribution in [2.45, 2.75) is 39.2 Å². The van der Waals surface area contributed by atoms with Crippen molar-refractivity contribution >= 4 is 28.9 Å². The average molecular weight is 424 g/mol. The summed E-state index contributed by atoms with van der Waals surface area (Å²) in [7, 11) is 0. The number of nitrogens with one attached hydrogen (secondary N) is 3. The number of aromatic nitrogens is 5. The van der Waals surface area contributed by atoms with Crippen molar-refractivity contribution in [3.05, 3.63) is 30.5 Å². The predicted molar refractivity (Wildman–Crippen MR) is 112 cm³/mol. The molecule has 4 rings (SSSR count). The number of hydrogen-bond acceptors (Lipinski definition) is 8. The zero-order valence-electron chi connectivity index (χ0n) is 17.3. The predicted octanol–water partition coefficient (Wildman–Crippen LogP) is 1.36. The summed E-state index contributed by atoms with van der Waals surface area (Å²) in [5, 5.41) is 11.6. The molecule has 11 nitrogen and oxygen atoms in total. The largest absolute Gasteiger partial charge is 0.494 e. The summed E-state index contributed by atoms with van der Waals surface area (Å²) in [6, 6.07) is 7.59. The lowest BCUT2D eigenvalue weighted by Crippen LogP contribution is -2.43. The molecule has 3 aromatic rings. The molecule has 1 aliphatic rings. The first-order valence-corrected chi connectivity index (χ1v) is 10.2. The molecule has 0 spiro atoms. The van der Waals surface area contributed by atoms with E-state index in [1.807, 2.05) is 31.2 Å². The Hall–Kier alpha value is -3.76. The number of hydrogen-bond donors (Lipinski definition) is 3. The van der Waals surface area contributed by atoms with Crippen molar-refractivity contribution in [3.63, 3.8) is 0 Å². The Morgan fingerprint density at radius 3 is 2.74 bits per heavy atom. The van der Waals surface area contributed by atoms with E-state index in [2.05, 4.69) is 36.4 Å². The van der Waals surface area contributed by atoms with Crippen LogP contribution in [0.1, 0.15) is 33.1 Å². The van der Waals surface area contributed by atoms with Gasteiger partial charge in [0.05, 0.1) is 18.5 Å². The van der Waals surface area contributed by atoms with Crippen LogP contribution in [-0.4, -0.2) is 49.4 Å². The van der Waals surface area contributed by atoms with E-state index in [-0.39, 0.29) is 23.8 Å². The lowest BCUT2D eigenvalue weighted by Gasteiger charge is -2.13. The van der Waals surface area contributed by atoms with E-state index < -0.39 is 0 Å². The molecule has 1 aromatic carbocycles. The SMILES string of the molecule is CCOc1ccc(-n2nnc3cnc(N[C@@H]4CC[C@@H](C(=O)NNC(C)=O)C4)nc32)cc1. The van der Waals surface area contributed by atoms with Gasteiger partial charge >= 0.3 is 0 Å². The van der Waals surface area contributed by atoms with Crippen molar-refractivity contribution in [1.29, 1.82) is 0 Å². The maximum Gasteiger partial charge on any atom is 0.241 e. The standard InChI is InChI=1S/C20H24N8O3/c1-3-31-16-8-6-15(7-9-16)28-18-17(25-27-28)11-21-20(23-18)22-14-5-4-13(10-14)19(30)26-24-12(2)29/h6-9,11,13-14H,3-5,10H2,1-2H3,(H,24,29)(H,26,30)(H,21,22,23)/t13-,14-/m1/s1. The van der Waals surface area contributed by atoms with Crippen LogP contribution in [0.3, 0.4) is 0 Å². The van der Waals surface area contributed by atoms with Crippen LogP contribution < -0.4 is 20.9 Å². The van der Waals surface area contributed by atoms with Gasteiger partial charge in [0.2, 0.25) is 17.8 Å². The summed E-state index contributed by atoms with van der Waals surface area (Å²) < 4.78 is 7.13. The van der Waals surface area contributed by atoms with Gasteiger partial charge in [0.25, 0.3) is 0 Å². The van der Waals surface area contributed by atoms with Crippen LogP contribution in [0.25, 0.3) is 16.9 Å². The smallest absolute Gasteiger partial charge is 0.241 e. The highest BCUT2D eigenvalue weighted by Gasteiger charge is 2.30. The Morgan fingerprint density at radius 2 is 2.00 bits per heavy atom. The fourth-order valence-corrected chi connectivity index (χ4v) is 3.61. The third-order valence-electron chi connectivity index (χ3n) is 5.08. The lowest BCUT2D eigenvalue weighted by atomic mass is 10.1. The summed E-state index contributed by atoms with van der Waals surface area (Å²) in [6.07, 6.45) is 3.77. The van der Waals surface area contributed by atoms with Gasteiger partial charge < -0.3 is 10.1 Å². The number of benzene rings is 1. The zero-order chi connectivity index (χ0) is 21.8. The van der Waals surface area contributed by atoms with Gasteiger partial charge in [0.1, 0.15) is 5.75 Å². The molecule has 0 radical (unpaired) electrons. The Morgan fingerprint density at radius 1 is 1.19 bits per heavy atom. The Kier molecular flexibility index (Phi) is 5.92. The van der Waals surface area contributed by atoms with E-state index in [4.69, 9.17) is 4.74 Å². The highest BCUT2D eigenvalue weighted by atomic mass is 16.5. The molecule has 1 aliphatic carbocycles. The number of anilines is 1. The van der Waals surface area contributed by atoms with E-state index in [1.165, 1.54) is 6.92 Å². The third kappa shape index (κ3) is 4.71. The maximum atomic E-state index is 12.1. The number of nitrogens with zero attached hydrogens (tertiary/aromatic N) is 5.